The van der Waals surface area contributed by atoms with Crippen LogP contribution in [0.1, 0.15) is 45.1 Å². The standard InChI is InChI=1S/C18H28N2O/c1-4-18(5-2)13-20(15-8-10-19-11-9-15)16-12-14(3)6-7-17(16)21-18/h6-7,12,15,19H,4-5,8-11,13H2,1-3H3. The lowest BCUT2D eigenvalue weighted by Gasteiger charge is -2.48. The fourth-order valence-corrected chi connectivity index (χ4v) is 3.66. The Labute approximate surface area is 128 Å². The van der Waals surface area contributed by atoms with E-state index in [1.165, 1.54) is 24.1 Å². The zero-order valence-electron chi connectivity index (χ0n) is 13.6. The monoisotopic (exact) mass is 288 g/mol. The second kappa shape index (κ2) is 5.88. The van der Waals surface area contributed by atoms with Crippen LogP contribution >= 0.6 is 0 Å². The molecular formula is C18H28N2O. The molecule has 2 aliphatic rings. The van der Waals surface area contributed by atoms with Gasteiger partial charge in [-0.25, -0.2) is 0 Å². The van der Waals surface area contributed by atoms with Crippen molar-refractivity contribution in [2.24, 2.45) is 0 Å². The molecule has 21 heavy (non-hydrogen) atoms. The van der Waals surface area contributed by atoms with Crippen molar-refractivity contribution in [2.45, 2.75) is 58.1 Å². The van der Waals surface area contributed by atoms with Crippen LogP contribution in [0.15, 0.2) is 18.2 Å². The summed E-state index contributed by atoms with van der Waals surface area (Å²) < 4.78 is 6.44. The summed E-state index contributed by atoms with van der Waals surface area (Å²) in [6.07, 6.45) is 4.60. The number of ether oxygens (including phenoxy) is 1. The van der Waals surface area contributed by atoms with Crippen LogP contribution in [0.4, 0.5) is 5.69 Å². The van der Waals surface area contributed by atoms with E-state index in [0.717, 1.165) is 38.2 Å². The average Bonchev–Trinajstić information content (AvgIpc) is 2.55. The molecule has 3 rings (SSSR count). The zero-order valence-corrected chi connectivity index (χ0v) is 13.6. The highest BCUT2D eigenvalue weighted by Crippen LogP contribution is 2.42. The van der Waals surface area contributed by atoms with Gasteiger partial charge in [0.15, 0.2) is 0 Å². The average molecular weight is 288 g/mol. The van der Waals surface area contributed by atoms with Crippen LogP contribution in [0.5, 0.6) is 5.75 Å². The number of hydrogen-bond acceptors (Lipinski definition) is 3. The largest absolute Gasteiger partial charge is 0.483 e. The van der Waals surface area contributed by atoms with Crippen LogP contribution in [0, 0.1) is 6.92 Å². The summed E-state index contributed by atoms with van der Waals surface area (Å²) >= 11 is 0. The third-order valence-electron chi connectivity index (χ3n) is 5.25. The third kappa shape index (κ3) is 2.76. The maximum absolute atomic E-state index is 6.44. The van der Waals surface area contributed by atoms with E-state index in [1.54, 1.807) is 0 Å². The first-order valence-electron chi connectivity index (χ1n) is 8.44. The molecule has 2 aliphatic heterocycles. The van der Waals surface area contributed by atoms with Gasteiger partial charge in [0.2, 0.25) is 0 Å². The molecule has 1 N–H and O–H groups in total. The molecule has 0 spiro atoms. The van der Waals surface area contributed by atoms with E-state index in [1.807, 2.05) is 0 Å². The van der Waals surface area contributed by atoms with E-state index < -0.39 is 0 Å². The van der Waals surface area contributed by atoms with Crippen molar-refractivity contribution >= 4 is 5.69 Å². The number of benzene rings is 1. The first-order valence-corrected chi connectivity index (χ1v) is 8.44. The van der Waals surface area contributed by atoms with Gasteiger partial charge < -0.3 is 15.0 Å². The summed E-state index contributed by atoms with van der Waals surface area (Å²) in [4.78, 5) is 2.64. The van der Waals surface area contributed by atoms with Gasteiger partial charge in [0.25, 0.3) is 0 Å². The predicted octanol–water partition coefficient (Wildman–Crippen LogP) is 3.50. The molecule has 1 aromatic carbocycles. The Bertz CT molecular complexity index is 490. The number of rotatable bonds is 3. The molecule has 0 atom stereocenters. The van der Waals surface area contributed by atoms with E-state index in [4.69, 9.17) is 4.74 Å². The minimum Gasteiger partial charge on any atom is -0.483 e. The van der Waals surface area contributed by atoms with Crippen LogP contribution < -0.4 is 15.0 Å². The maximum atomic E-state index is 6.44. The number of nitrogens with zero attached hydrogens (tertiary/aromatic N) is 1. The zero-order chi connectivity index (χ0) is 14.9. The molecule has 0 amide bonds. The lowest BCUT2D eigenvalue weighted by atomic mass is 9.91. The minimum atomic E-state index is -0.0207. The maximum Gasteiger partial charge on any atom is 0.143 e. The Morgan fingerprint density at radius 1 is 1.24 bits per heavy atom. The Morgan fingerprint density at radius 3 is 2.62 bits per heavy atom. The molecule has 0 aromatic heterocycles. The van der Waals surface area contributed by atoms with E-state index in [0.29, 0.717) is 6.04 Å². The number of aryl methyl sites for hydroxylation is 1. The lowest BCUT2D eigenvalue weighted by molar-refractivity contribution is 0.0537. The number of hydrogen-bond donors (Lipinski definition) is 1. The number of piperidine rings is 1. The summed E-state index contributed by atoms with van der Waals surface area (Å²) in [5.41, 5.74) is 2.60. The summed E-state index contributed by atoms with van der Waals surface area (Å²) in [5, 5.41) is 3.48. The molecule has 1 fully saturated rings. The first-order chi connectivity index (χ1) is 10.2. The molecular weight excluding hydrogens is 260 g/mol. The number of nitrogens with one attached hydrogen (secondary N) is 1. The molecule has 0 unspecified atom stereocenters. The normalized spacial score (nSPS) is 21.8. The lowest BCUT2D eigenvalue weighted by Crippen LogP contribution is -2.55. The van der Waals surface area contributed by atoms with Gasteiger partial charge in [-0.15, -0.1) is 0 Å². The molecule has 0 aliphatic carbocycles. The molecule has 0 saturated carbocycles. The molecule has 2 heterocycles. The van der Waals surface area contributed by atoms with Crippen molar-refractivity contribution in [2.75, 3.05) is 24.5 Å². The molecule has 0 radical (unpaired) electrons. The molecule has 3 nitrogen and oxygen atoms in total. The van der Waals surface area contributed by atoms with E-state index >= 15 is 0 Å². The van der Waals surface area contributed by atoms with Gasteiger partial charge in [0.05, 0.1) is 12.2 Å². The van der Waals surface area contributed by atoms with E-state index in [-0.39, 0.29) is 5.60 Å². The molecule has 3 heteroatoms. The third-order valence-corrected chi connectivity index (χ3v) is 5.25. The smallest absolute Gasteiger partial charge is 0.143 e. The van der Waals surface area contributed by atoms with Gasteiger partial charge >= 0.3 is 0 Å². The van der Waals surface area contributed by atoms with Crippen molar-refractivity contribution in [1.29, 1.82) is 0 Å². The summed E-state index contributed by atoms with van der Waals surface area (Å²) in [5.74, 6) is 1.08. The Kier molecular flexibility index (Phi) is 4.12. The first kappa shape index (κ1) is 14.7. The Balaban J connectivity index is 1.98. The van der Waals surface area contributed by atoms with Crippen molar-refractivity contribution in [3.05, 3.63) is 23.8 Å². The van der Waals surface area contributed by atoms with Crippen molar-refractivity contribution < 1.29 is 4.74 Å². The van der Waals surface area contributed by atoms with Crippen LogP contribution in [-0.2, 0) is 0 Å². The van der Waals surface area contributed by atoms with Crippen molar-refractivity contribution in [3.63, 3.8) is 0 Å². The highest BCUT2D eigenvalue weighted by molar-refractivity contribution is 5.63. The Morgan fingerprint density at radius 2 is 1.95 bits per heavy atom. The van der Waals surface area contributed by atoms with Gasteiger partial charge in [-0.1, -0.05) is 19.9 Å². The second-order valence-electron chi connectivity index (χ2n) is 6.57. The van der Waals surface area contributed by atoms with Crippen LogP contribution in [0.2, 0.25) is 0 Å². The SMILES string of the molecule is CCC1(CC)CN(C2CCNCC2)c2cc(C)ccc2O1. The predicted molar refractivity (Wildman–Crippen MR) is 88.4 cm³/mol. The van der Waals surface area contributed by atoms with Gasteiger partial charge in [0.1, 0.15) is 11.4 Å². The summed E-state index contributed by atoms with van der Waals surface area (Å²) in [6, 6.07) is 7.28. The number of fused-ring (bicyclic) bond motifs is 1. The highest BCUT2D eigenvalue weighted by Gasteiger charge is 2.39. The topological polar surface area (TPSA) is 24.5 Å². The highest BCUT2D eigenvalue weighted by atomic mass is 16.5. The van der Waals surface area contributed by atoms with Crippen LogP contribution in [0.25, 0.3) is 0 Å². The summed E-state index contributed by atoms with van der Waals surface area (Å²) in [6.45, 7) is 9.97. The minimum absolute atomic E-state index is 0.0207. The number of anilines is 1. The molecule has 0 bridgehead atoms. The molecule has 116 valence electrons. The Hall–Kier alpha value is -1.22. The van der Waals surface area contributed by atoms with Gasteiger partial charge in [-0.2, -0.15) is 0 Å². The van der Waals surface area contributed by atoms with Gasteiger partial charge in [-0.3, -0.25) is 0 Å². The second-order valence-corrected chi connectivity index (χ2v) is 6.57. The van der Waals surface area contributed by atoms with Gasteiger partial charge in [0, 0.05) is 6.04 Å². The fraction of sp³-hybridized carbons (Fsp3) is 0.667. The van der Waals surface area contributed by atoms with Crippen molar-refractivity contribution in [1.82, 2.24) is 5.32 Å². The van der Waals surface area contributed by atoms with E-state index in [9.17, 15) is 0 Å². The van der Waals surface area contributed by atoms with Crippen LogP contribution in [-0.4, -0.2) is 31.3 Å². The van der Waals surface area contributed by atoms with E-state index in [2.05, 4.69) is 49.2 Å². The quantitative estimate of drug-likeness (QED) is 0.921. The molecule has 1 aromatic rings. The molecule has 1 saturated heterocycles. The summed E-state index contributed by atoms with van der Waals surface area (Å²) in [7, 11) is 0. The fourth-order valence-electron chi connectivity index (χ4n) is 3.66. The van der Waals surface area contributed by atoms with Crippen molar-refractivity contribution in [3.8, 4) is 5.75 Å². The van der Waals surface area contributed by atoms with Crippen LogP contribution in [0.3, 0.4) is 0 Å². The van der Waals surface area contributed by atoms with Gasteiger partial charge in [-0.05, 0) is 63.4 Å².